The quantitative estimate of drug-likeness (QED) is 0.824. The van der Waals surface area contributed by atoms with Gasteiger partial charge in [0, 0.05) is 25.2 Å². The number of anilines is 1. The van der Waals surface area contributed by atoms with Gasteiger partial charge in [0.15, 0.2) is 11.5 Å². The molecule has 1 amide bonds. The van der Waals surface area contributed by atoms with Crippen molar-refractivity contribution in [3.05, 3.63) is 17.8 Å². The Morgan fingerprint density at radius 3 is 2.81 bits per heavy atom. The lowest BCUT2D eigenvalue weighted by atomic mass is 10.2. The highest BCUT2D eigenvalue weighted by atomic mass is 16.1. The number of carbonyl (C=O) groups excluding carboxylic acids is 1. The third kappa shape index (κ3) is 4.14. The summed E-state index contributed by atoms with van der Waals surface area (Å²) in [6.07, 6.45) is 2.44. The molecule has 1 aliphatic rings. The zero-order chi connectivity index (χ0) is 15.2. The first-order valence-electron chi connectivity index (χ1n) is 7.73. The Kier molecular flexibility index (Phi) is 5.50. The molecule has 1 aromatic heterocycles. The van der Waals surface area contributed by atoms with Gasteiger partial charge in [-0.1, -0.05) is 0 Å². The fourth-order valence-corrected chi connectivity index (χ4v) is 2.57. The fourth-order valence-electron chi connectivity index (χ4n) is 2.57. The second kappa shape index (κ2) is 7.36. The molecule has 21 heavy (non-hydrogen) atoms. The maximum atomic E-state index is 11.7. The summed E-state index contributed by atoms with van der Waals surface area (Å²) in [5.41, 5.74) is 0.364. The predicted molar refractivity (Wildman–Crippen MR) is 83.5 cm³/mol. The van der Waals surface area contributed by atoms with Crippen LogP contribution in [0.4, 0.5) is 5.82 Å². The maximum Gasteiger partial charge on any atom is 0.271 e. The van der Waals surface area contributed by atoms with E-state index in [4.69, 9.17) is 0 Å². The van der Waals surface area contributed by atoms with E-state index in [1.54, 1.807) is 6.07 Å². The van der Waals surface area contributed by atoms with Crippen LogP contribution in [-0.4, -0.2) is 47.8 Å². The minimum Gasteiger partial charge on any atom is -0.351 e. The van der Waals surface area contributed by atoms with Crippen molar-refractivity contribution in [1.82, 2.24) is 20.8 Å². The fraction of sp³-hybridized carbons (Fsp3) is 0.667. The molecule has 1 atom stereocenters. The summed E-state index contributed by atoms with van der Waals surface area (Å²) in [7, 11) is 0. The molecule has 1 fully saturated rings. The second-order valence-electron chi connectivity index (χ2n) is 5.68. The third-order valence-electron chi connectivity index (χ3n) is 3.72. The molecule has 0 aliphatic carbocycles. The van der Waals surface area contributed by atoms with Gasteiger partial charge in [-0.25, -0.2) is 0 Å². The van der Waals surface area contributed by atoms with Crippen molar-refractivity contribution < 1.29 is 4.79 Å². The van der Waals surface area contributed by atoms with Crippen LogP contribution in [0.5, 0.6) is 0 Å². The molecule has 0 radical (unpaired) electrons. The topological polar surface area (TPSA) is 70.2 Å². The first-order chi connectivity index (χ1) is 10.1. The van der Waals surface area contributed by atoms with Crippen molar-refractivity contribution in [3.63, 3.8) is 0 Å². The Balaban J connectivity index is 2.07. The molecule has 0 bridgehead atoms. The first-order valence-corrected chi connectivity index (χ1v) is 7.73. The number of nitrogens with one attached hydrogen (secondary N) is 2. The standard InChI is InChI=1S/C15H25N5O/c1-4-16-15(21)13-7-8-14(19-18-13)20(11(2)3)10-12-6-5-9-17-12/h7-8,11-12,17H,4-6,9-10H2,1-3H3,(H,16,21). The monoisotopic (exact) mass is 291 g/mol. The van der Waals surface area contributed by atoms with Crippen LogP contribution in [0.25, 0.3) is 0 Å². The number of rotatable bonds is 6. The summed E-state index contributed by atoms with van der Waals surface area (Å²) in [6, 6.07) is 4.48. The summed E-state index contributed by atoms with van der Waals surface area (Å²) in [6.45, 7) is 8.79. The van der Waals surface area contributed by atoms with E-state index in [1.807, 2.05) is 13.0 Å². The van der Waals surface area contributed by atoms with E-state index in [1.165, 1.54) is 12.8 Å². The molecule has 0 saturated carbocycles. The largest absolute Gasteiger partial charge is 0.351 e. The molecule has 0 spiro atoms. The Labute approximate surface area is 126 Å². The maximum absolute atomic E-state index is 11.7. The Hall–Kier alpha value is -1.69. The van der Waals surface area contributed by atoms with Crippen molar-refractivity contribution >= 4 is 11.7 Å². The predicted octanol–water partition coefficient (Wildman–Crippen LogP) is 1.19. The van der Waals surface area contributed by atoms with Crippen molar-refractivity contribution in [2.45, 2.75) is 45.7 Å². The van der Waals surface area contributed by atoms with Gasteiger partial charge in [0.05, 0.1) is 0 Å². The van der Waals surface area contributed by atoms with Crippen molar-refractivity contribution in [2.24, 2.45) is 0 Å². The van der Waals surface area contributed by atoms with Gasteiger partial charge < -0.3 is 15.5 Å². The Morgan fingerprint density at radius 2 is 2.29 bits per heavy atom. The summed E-state index contributed by atoms with van der Waals surface area (Å²) in [5.74, 6) is 0.650. The molecule has 1 saturated heterocycles. The van der Waals surface area contributed by atoms with Crippen molar-refractivity contribution in [3.8, 4) is 0 Å². The molecular weight excluding hydrogens is 266 g/mol. The zero-order valence-electron chi connectivity index (χ0n) is 13.1. The molecule has 2 rings (SSSR count). The molecule has 0 aromatic carbocycles. The first kappa shape index (κ1) is 15.7. The van der Waals surface area contributed by atoms with E-state index in [0.29, 0.717) is 24.3 Å². The average Bonchev–Trinajstić information content (AvgIpc) is 2.98. The molecule has 6 heteroatoms. The molecular formula is C15H25N5O. The van der Waals surface area contributed by atoms with E-state index in [9.17, 15) is 4.79 Å². The van der Waals surface area contributed by atoms with E-state index >= 15 is 0 Å². The van der Waals surface area contributed by atoms with E-state index in [2.05, 4.69) is 39.6 Å². The average molecular weight is 291 g/mol. The number of hydrogen-bond acceptors (Lipinski definition) is 5. The molecule has 2 N–H and O–H groups in total. The van der Waals surface area contributed by atoms with Crippen LogP contribution < -0.4 is 15.5 Å². The van der Waals surface area contributed by atoms with Gasteiger partial charge in [-0.2, -0.15) is 0 Å². The highest BCUT2D eigenvalue weighted by molar-refractivity contribution is 5.92. The molecule has 2 heterocycles. The second-order valence-corrected chi connectivity index (χ2v) is 5.68. The minimum absolute atomic E-state index is 0.176. The van der Waals surface area contributed by atoms with Crippen LogP contribution in [0.3, 0.4) is 0 Å². The van der Waals surface area contributed by atoms with Gasteiger partial charge in [0.2, 0.25) is 0 Å². The van der Waals surface area contributed by atoms with Crippen LogP contribution in [0.1, 0.15) is 44.1 Å². The van der Waals surface area contributed by atoms with Gasteiger partial charge in [0.25, 0.3) is 5.91 Å². The summed E-state index contributed by atoms with van der Waals surface area (Å²) >= 11 is 0. The van der Waals surface area contributed by atoms with Crippen molar-refractivity contribution in [1.29, 1.82) is 0 Å². The van der Waals surface area contributed by atoms with Gasteiger partial charge in [0.1, 0.15) is 0 Å². The number of hydrogen-bond donors (Lipinski definition) is 2. The van der Waals surface area contributed by atoms with Crippen LogP contribution in [0.2, 0.25) is 0 Å². The highest BCUT2D eigenvalue weighted by Crippen LogP contribution is 2.16. The summed E-state index contributed by atoms with van der Waals surface area (Å²) in [5, 5.41) is 14.5. The zero-order valence-corrected chi connectivity index (χ0v) is 13.1. The van der Waals surface area contributed by atoms with Crippen LogP contribution in [0.15, 0.2) is 12.1 Å². The Morgan fingerprint density at radius 1 is 1.48 bits per heavy atom. The molecule has 1 aliphatic heterocycles. The molecule has 116 valence electrons. The lowest BCUT2D eigenvalue weighted by molar-refractivity contribution is 0.0950. The van der Waals surface area contributed by atoms with E-state index in [0.717, 1.165) is 18.9 Å². The molecule has 1 aromatic rings. The smallest absolute Gasteiger partial charge is 0.271 e. The van der Waals surface area contributed by atoms with Gasteiger partial charge in [-0.05, 0) is 52.3 Å². The third-order valence-corrected chi connectivity index (χ3v) is 3.72. The number of carbonyl (C=O) groups is 1. The van der Waals surface area contributed by atoms with Crippen molar-refractivity contribution in [2.75, 3.05) is 24.5 Å². The van der Waals surface area contributed by atoms with Crippen LogP contribution >= 0.6 is 0 Å². The lowest BCUT2D eigenvalue weighted by Gasteiger charge is -2.30. The van der Waals surface area contributed by atoms with E-state index < -0.39 is 0 Å². The normalized spacial score (nSPS) is 18.0. The minimum atomic E-state index is -0.176. The lowest BCUT2D eigenvalue weighted by Crippen LogP contribution is -2.42. The Bertz CT molecular complexity index is 454. The van der Waals surface area contributed by atoms with Crippen LogP contribution in [0, 0.1) is 0 Å². The molecule has 1 unspecified atom stereocenters. The SMILES string of the molecule is CCNC(=O)c1ccc(N(CC2CCCN2)C(C)C)nn1. The van der Waals surface area contributed by atoms with Gasteiger partial charge >= 0.3 is 0 Å². The van der Waals surface area contributed by atoms with Gasteiger partial charge in [-0.3, -0.25) is 4.79 Å². The summed E-state index contributed by atoms with van der Waals surface area (Å²) < 4.78 is 0. The number of aromatic nitrogens is 2. The number of nitrogens with zero attached hydrogens (tertiary/aromatic N) is 3. The van der Waals surface area contributed by atoms with Crippen LogP contribution in [-0.2, 0) is 0 Å². The highest BCUT2D eigenvalue weighted by Gasteiger charge is 2.21. The summed E-state index contributed by atoms with van der Waals surface area (Å²) in [4.78, 5) is 13.9. The molecule has 6 nitrogen and oxygen atoms in total. The van der Waals surface area contributed by atoms with Gasteiger partial charge in [-0.15, -0.1) is 10.2 Å². The van der Waals surface area contributed by atoms with E-state index in [-0.39, 0.29) is 5.91 Å². The number of amides is 1.